The lowest BCUT2D eigenvalue weighted by Gasteiger charge is -2.27. The third kappa shape index (κ3) is 3.38. The monoisotopic (exact) mass is 320 g/mol. The van der Waals surface area contributed by atoms with E-state index in [1.165, 1.54) is 0 Å². The van der Waals surface area contributed by atoms with Crippen LogP contribution >= 0.6 is 0 Å². The predicted molar refractivity (Wildman–Crippen MR) is 96.3 cm³/mol. The van der Waals surface area contributed by atoms with Crippen molar-refractivity contribution in [2.75, 3.05) is 11.9 Å². The molecule has 0 radical (unpaired) electrons. The molecule has 4 nitrogen and oxygen atoms in total. The number of para-hydroxylation sites is 1. The van der Waals surface area contributed by atoms with E-state index in [9.17, 15) is 9.59 Å². The van der Waals surface area contributed by atoms with Gasteiger partial charge in [0.05, 0.1) is 12.2 Å². The number of nitrogens with zero attached hydrogens (tertiary/aromatic N) is 1. The van der Waals surface area contributed by atoms with Crippen molar-refractivity contribution in [3.8, 4) is 0 Å². The lowest BCUT2D eigenvalue weighted by atomic mass is 10.0. The van der Waals surface area contributed by atoms with E-state index >= 15 is 0 Å². The normalized spacial score (nSPS) is 12.6. The summed E-state index contributed by atoms with van der Waals surface area (Å²) in [5, 5.41) is 2.56. The second-order valence-electron chi connectivity index (χ2n) is 5.74. The Morgan fingerprint density at radius 3 is 2.42 bits per heavy atom. The summed E-state index contributed by atoms with van der Waals surface area (Å²) in [6, 6.07) is 15.9. The van der Waals surface area contributed by atoms with Crippen LogP contribution in [0.2, 0.25) is 0 Å². The van der Waals surface area contributed by atoms with Crippen molar-refractivity contribution in [3.63, 3.8) is 0 Å². The molecule has 0 saturated carbocycles. The number of carbonyl (C=O) groups is 2. The number of anilines is 1. The highest BCUT2D eigenvalue weighted by atomic mass is 16.2. The third-order valence-corrected chi connectivity index (χ3v) is 4.20. The molecule has 122 valence electrons. The Bertz CT molecular complexity index is 796. The minimum atomic E-state index is -0.121. The van der Waals surface area contributed by atoms with Crippen LogP contribution in [0, 0.1) is 0 Å². The van der Waals surface area contributed by atoms with Gasteiger partial charge < -0.3 is 10.2 Å². The van der Waals surface area contributed by atoms with E-state index in [-0.39, 0.29) is 24.7 Å². The van der Waals surface area contributed by atoms with Crippen molar-refractivity contribution in [2.24, 2.45) is 0 Å². The quantitative estimate of drug-likeness (QED) is 0.944. The maximum absolute atomic E-state index is 12.8. The first-order chi connectivity index (χ1) is 11.7. The summed E-state index contributed by atoms with van der Waals surface area (Å²) in [6.07, 6.45) is 4.51. The molecule has 0 unspecified atom stereocenters. The van der Waals surface area contributed by atoms with Gasteiger partial charge in [-0.3, -0.25) is 9.59 Å². The van der Waals surface area contributed by atoms with Gasteiger partial charge in [-0.15, -0.1) is 0 Å². The number of hydrogen-bond donors (Lipinski definition) is 1. The lowest BCUT2D eigenvalue weighted by molar-refractivity contribution is -0.125. The van der Waals surface area contributed by atoms with Crippen LogP contribution in [0.3, 0.4) is 0 Å². The Morgan fingerprint density at radius 1 is 0.958 bits per heavy atom. The highest BCUT2D eigenvalue weighted by Gasteiger charge is 2.21. The molecule has 2 amide bonds. The van der Waals surface area contributed by atoms with E-state index < -0.39 is 0 Å². The molecular weight excluding hydrogens is 300 g/mol. The fraction of sp³-hybridized carbons (Fsp3) is 0.200. The van der Waals surface area contributed by atoms with Gasteiger partial charge in [-0.05, 0) is 22.8 Å². The van der Waals surface area contributed by atoms with Gasteiger partial charge in [-0.25, -0.2) is 0 Å². The van der Waals surface area contributed by atoms with Crippen LogP contribution in [0.1, 0.15) is 29.5 Å². The smallest absolute Gasteiger partial charge is 0.227 e. The summed E-state index contributed by atoms with van der Waals surface area (Å²) in [5.41, 5.74) is 4.08. The zero-order valence-corrected chi connectivity index (χ0v) is 13.7. The fourth-order valence-electron chi connectivity index (χ4n) is 2.85. The molecule has 0 saturated heterocycles. The zero-order valence-electron chi connectivity index (χ0n) is 13.7. The summed E-state index contributed by atoms with van der Waals surface area (Å²) in [4.78, 5) is 26.0. The Morgan fingerprint density at radius 2 is 1.62 bits per heavy atom. The topological polar surface area (TPSA) is 49.4 Å². The number of nitrogens with one attached hydrogen (secondary N) is 1. The van der Waals surface area contributed by atoms with Gasteiger partial charge in [-0.1, -0.05) is 54.6 Å². The molecule has 1 aliphatic heterocycles. The van der Waals surface area contributed by atoms with Crippen molar-refractivity contribution in [1.82, 2.24) is 5.32 Å². The van der Waals surface area contributed by atoms with Crippen LogP contribution in [-0.4, -0.2) is 18.9 Å². The minimum Gasteiger partial charge on any atom is -0.359 e. The molecule has 0 bridgehead atoms. The third-order valence-electron chi connectivity index (χ3n) is 4.20. The first-order valence-electron chi connectivity index (χ1n) is 8.05. The average molecular weight is 320 g/mol. The number of carbonyl (C=O) groups excluding carboxylic acids is 2. The Labute approximate surface area is 141 Å². The molecule has 1 heterocycles. The predicted octanol–water partition coefficient (Wildman–Crippen LogP) is 3.23. The Balaban J connectivity index is 1.96. The molecule has 1 aliphatic rings. The van der Waals surface area contributed by atoms with E-state index in [0.717, 1.165) is 22.4 Å². The highest BCUT2D eigenvalue weighted by Crippen LogP contribution is 2.29. The van der Waals surface area contributed by atoms with Gasteiger partial charge in [0.25, 0.3) is 0 Å². The van der Waals surface area contributed by atoms with Gasteiger partial charge >= 0.3 is 0 Å². The van der Waals surface area contributed by atoms with Crippen LogP contribution in [0.15, 0.2) is 48.5 Å². The number of benzene rings is 2. The van der Waals surface area contributed by atoms with Gasteiger partial charge in [0.15, 0.2) is 0 Å². The fourth-order valence-corrected chi connectivity index (χ4v) is 2.85. The summed E-state index contributed by atoms with van der Waals surface area (Å²) < 4.78 is 0. The van der Waals surface area contributed by atoms with Gasteiger partial charge in [0, 0.05) is 19.9 Å². The first-order valence-corrected chi connectivity index (χ1v) is 8.05. The molecule has 0 spiro atoms. The van der Waals surface area contributed by atoms with Crippen LogP contribution < -0.4 is 10.2 Å². The lowest BCUT2D eigenvalue weighted by Crippen LogP contribution is -2.32. The van der Waals surface area contributed by atoms with Gasteiger partial charge in [-0.2, -0.15) is 0 Å². The standard InChI is InChI=1S/C20H20N2O2/c1-21-19(23)12-13-20(24)22-14-17-8-3-2-6-15(17)10-11-16-7-4-5-9-18(16)22/h2-11H,12-14H2,1H3,(H,21,23). The summed E-state index contributed by atoms with van der Waals surface area (Å²) in [6.45, 7) is 0.504. The number of fused-ring (bicyclic) bond motifs is 2. The molecule has 1 N–H and O–H groups in total. The minimum absolute atomic E-state index is 0.0452. The van der Waals surface area contributed by atoms with Crippen molar-refractivity contribution in [2.45, 2.75) is 19.4 Å². The van der Waals surface area contributed by atoms with Crippen molar-refractivity contribution in [3.05, 3.63) is 65.2 Å². The second kappa shape index (κ2) is 7.13. The maximum Gasteiger partial charge on any atom is 0.227 e. The Hall–Kier alpha value is -2.88. The molecule has 0 fully saturated rings. The first kappa shape index (κ1) is 16.0. The molecule has 2 aromatic rings. The average Bonchev–Trinajstić information content (AvgIpc) is 2.61. The summed E-state index contributed by atoms with van der Waals surface area (Å²) in [5.74, 6) is -0.167. The second-order valence-corrected chi connectivity index (χ2v) is 5.74. The van der Waals surface area contributed by atoms with Crippen molar-refractivity contribution < 1.29 is 9.59 Å². The molecule has 24 heavy (non-hydrogen) atoms. The zero-order chi connectivity index (χ0) is 16.9. The molecular formula is C20H20N2O2. The molecule has 4 heteroatoms. The molecule has 3 rings (SSSR count). The SMILES string of the molecule is CNC(=O)CCC(=O)N1Cc2ccccc2C=Cc2ccccc21. The molecule has 0 aliphatic carbocycles. The van der Waals surface area contributed by atoms with Gasteiger partial charge in [0.2, 0.25) is 11.8 Å². The van der Waals surface area contributed by atoms with Crippen LogP contribution in [0.5, 0.6) is 0 Å². The number of hydrogen-bond acceptors (Lipinski definition) is 2. The van der Waals surface area contributed by atoms with Crippen molar-refractivity contribution in [1.29, 1.82) is 0 Å². The molecule has 0 atom stereocenters. The summed E-state index contributed by atoms with van der Waals surface area (Å²) in [7, 11) is 1.58. The van der Waals surface area contributed by atoms with Gasteiger partial charge in [0.1, 0.15) is 0 Å². The van der Waals surface area contributed by atoms with E-state index in [2.05, 4.69) is 11.4 Å². The van der Waals surface area contributed by atoms with E-state index in [1.54, 1.807) is 11.9 Å². The van der Waals surface area contributed by atoms with Crippen molar-refractivity contribution >= 4 is 29.7 Å². The maximum atomic E-state index is 12.8. The van der Waals surface area contributed by atoms with Crippen LogP contribution in [0.25, 0.3) is 12.2 Å². The molecule has 2 aromatic carbocycles. The van der Waals surface area contributed by atoms with E-state index in [4.69, 9.17) is 0 Å². The van der Waals surface area contributed by atoms with E-state index in [1.807, 2.05) is 54.6 Å². The number of rotatable bonds is 3. The number of amides is 2. The highest BCUT2D eigenvalue weighted by molar-refractivity contribution is 5.98. The Kier molecular flexibility index (Phi) is 4.75. The molecule has 0 aromatic heterocycles. The van der Waals surface area contributed by atoms with Crippen LogP contribution in [-0.2, 0) is 16.1 Å². The van der Waals surface area contributed by atoms with E-state index in [0.29, 0.717) is 6.54 Å². The summed E-state index contributed by atoms with van der Waals surface area (Å²) >= 11 is 0. The largest absolute Gasteiger partial charge is 0.359 e. The van der Waals surface area contributed by atoms with Crippen LogP contribution in [0.4, 0.5) is 5.69 Å².